The summed E-state index contributed by atoms with van der Waals surface area (Å²) in [6, 6.07) is 5.13. The fraction of sp³-hybridized carbons (Fsp3) is 0.273. The summed E-state index contributed by atoms with van der Waals surface area (Å²) in [5, 5.41) is 10.5. The highest BCUT2D eigenvalue weighted by Gasteiger charge is 2.07. The summed E-state index contributed by atoms with van der Waals surface area (Å²) < 4.78 is 10.1. The zero-order valence-corrected chi connectivity index (χ0v) is 9.39. The normalized spacial score (nSPS) is 11.1. The molecular weight excluding hydrogens is 210 g/mol. The first-order valence-electron chi connectivity index (χ1n) is 4.63. The molecule has 0 fully saturated rings. The standard InChI is InChI=1S/C11H13NO4/c1-8(12(13)14)6-9-7-10(15-2)4-5-11(9)16-3/h4-7H,1-3H3/b8-6+. The molecule has 0 bridgehead atoms. The Morgan fingerprint density at radius 2 is 2.06 bits per heavy atom. The number of rotatable bonds is 4. The van der Waals surface area contributed by atoms with Crippen LogP contribution in [0, 0.1) is 10.1 Å². The van der Waals surface area contributed by atoms with Gasteiger partial charge in [0.15, 0.2) is 0 Å². The van der Waals surface area contributed by atoms with E-state index in [4.69, 9.17) is 9.47 Å². The summed E-state index contributed by atoms with van der Waals surface area (Å²) in [5.74, 6) is 1.20. The molecular formula is C11H13NO4. The van der Waals surface area contributed by atoms with E-state index >= 15 is 0 Å². The maximum absolute atomic E-state index is 10.5. The Labute approximate surface area is 93.4 Å². The van der Waals surface area contributed by atoms with E-state index in [1.54, 1.807) is 18.2 Å². The van der Waals surface area contributed by atoms with E-state index in [-0.39, 0.29) is 5.70 Å². The van der Waals surface area contributed by atoms with Gasteiger partial charge >= 0.3 is 0 Å². The van der Waals surface area contributed by atoms with E-state index in [0.29, 0.717) is 17.1 Å². The molecule has 0 atom stereocenters. The van der Waals surface area contributed by atoms with Gasteiger partial charge in [-0.25, -0.2) is 0 Å². The van der Waals surface area contributed by atoms with Crippen molar-refractivity contribution < 1.29 is 14.4 Å². The lowest BCUT2D eigenvalue weighted by atomic mass is 10.1. The van der Waals surface area contributed by atoms with Crippen molar-refractivity contribution in [1.82, 2.24) is 0 Å². The van der Waals surface area contributed by atoms with Gasteiger partial charge in [-0.3, -0.25) is 10.1 Å². The van der Waals surface area contributed by atoms with E-state index in [1.165, 1.54) is 27.2 Å². The van der Waals surface area contributed by atoms with Crippen molar-refractivity contribution in [2.24, 2.45) is 0 Å². The van der Waals surface area contributed by atoms with Gasteiger partial charge in [0, 0.05) is 18.6 Å². The van der Waals surface area contributed by atoms with Gasteiger partial charge in [-0.05, 0) is 18.2 Å². The lowest BCUT2D eigenvalue weighted by Gasteiger charge is -2.06. The Morgan fingerprint density at radius 3 is 2.56 bits per heavy atom. The van der Waals surface area contributed by atoms with Crippen molar-refractivity contribution in [1.29, 1.82) is 0 Å². The third kappa shape index (κ3) is 2.73. The largest absolute Gasteiger partial charge is 0.497 e. The van der Waals surface area contributed by atoms with Crippen LogP contribution in [0.1, 0.15) is 12.5 Å². The first kappa shape index (κ1) is 12.0. The van der Waals surface area contributed by atoms with Gasteiger partial charge in [0.05, 0.1) is 19.1 Å². The molecule has 0 aromatic heterocycles. The van der Waals surface area contributed by atoms with E-state index in [0.717, 1.165) is 0 Å². The molecule has 0 saturated carbocycles. The highest BCUT2D eigenvalue weighted by molar-refractivity contribution is 5.60. The van der Waals surface area contributed by atoms with Crippen molar-refractivity contribution >= 4 is 6.08 Å². The number of ether oxygens (including phenoxy) is 2. The number of nitro groups is 1. The molecule has 5 nitrogen and oxygen atoms in total. The van der Waals surface area contributed by atoms with E-state index in [9.17, 15) is 10.1 Å². The number of hydrogen-bond donors (Lipinski definition) is 0. The Balaban J connectivity index is 3.19. The topological polar surface area (TPSA) is 61.6 Å². The zero-order chi connectivity index (χ0) is 12.1. The average molecular weight is 223 g/mol. The summed E-state index contributed by atoms with van der Waals surface area (Å²) in [6.07, 6.45) is 1.45. The van der Waals surface area contributed by atoms with Crippen LogP contribution in [0.4, 0.5) is 0 Å². The maximum atomic E-state index is 10.5. The molecule has 0 unspecified atom stereocenters. The van der Waals surface area contributed by atoms with E-state index in [1.807, 2.05) is 0 Å². The van der Waals surface area contributed by atoms with Gasteiger partial charge in [-0.2, -0.15) is 0 Å². The second-order valence-corrected chi connectivity index (χ2v) is 3.15. The van der Waals surface area contributed by atoms with Gasteiger partial charge in [-0.1, -0.05) is 0 Å². The van der Waals surface area contributed by atoms with Crippen LogP contribution in [0.5, 0.6) is 11.5 Å². The minimum Gasteiger partial charge on any atom is -0.497 e. The van der Waals surface area contributed by atoms with Crippen LogP contribution < -0.4 is 9.47 Å². The van der Waals surface area contributed by atoms with Crippen molar-refractivity contribution in [3.8, 4) is 11.5 Å². The third-order valence-corrected chi connectivity index (χ3v) is 2.09. The van der Waals surface area contributed by atoms with Crippen LogP contribution >= 0.6 is 0 Å². The number of hydrogen-bond acceptors (Lipinski definition) is 4. The van der Waals surface area contributed by atoms with Crippen molar-refractivity contribution in [2.45, 2.75) is 6.92 Å². The molecule has 0 N–H and O–H groups in total. The SMILES string of the molecule is COc1ccc(OC)c(/C=C(\C)[N+](=O)[O-])c1. The first-order chi connectivity index (χ1) is 7.58. The van der Waals surface area contributed by atoms with E-state index < -0.39 is 4.92 Å². The maximum Gasteiger partial charge on any atom is 0.243 e. The number of allylic oxidation sites excluding steroid dienone is 1. The number of methoxy groups -OCH3 is 2. The van der Waals surface area contributed by atoms with Crippen LogP contribution in [-0.2, 0) is 0 Å². The molecule has 1 aromatic carbocycles. The molecule has 5 heteroatoms. The van der Waals surface area contributed by atoms with Gasteiger partial charge in [0.2, 0.25) is 5.70 Å². The molecule has 86 valence electrons. The predicted molar refractivity (Wildman–Crippen MR) is 60.2 cm³/mol. The van der Waals surface area contributed by atoms with Gasteiger partial charge in [0.25, 0.3) is 0 Å². The number of nitrogens with zero attached hydrogens (tertiary/aromatic N) is 1. The molecule has 0 spiro atoms. The fourth-order valence-corrected chi connectivity index (χ4v) is 1.23. The average Bonchev–Trinajstić information content (AvgIpc) is 2.28. The number of benzene rings is 1. The van der Waals surface area contributed by atoms with Crippen LogP contribution in [0.2, 0.25) is 0 Å². The lowest BCUT2D eigenvalue weighted by Crippen LogP contribution is -1.95. The lowest BCUT2D eigenvalue weighted by molar-refractivity contribution is -0.422. The molecule has 1 aromatic rings. The zero-order valence-electron chi connectivity index (χ0n) is 9.39. The van der Waals surface area contributed by atoms with Crippen molar-refractivity contribution in [3.05, 3.63) is 39.6 Å². The fourth-order valence-electron chi connectivity index (χ4n) is 1.23. The van der Waals surface area contributed by atoms with Crippen molar-refractivity contribution in [3.63, 3.8) is 0 Å². The van der Waals surface area contributed by atoms with Crippen molar-refractivity contribution in [2.75, 3.05) is 14.2 Å². The van der Waals surface area contributed by atoms with Crippen LogP contribution in [0.25, 0.3) is 6.08 Å². The second-order valence-electron chi connectivity index (χ2n) is 3.15. The monoisotopic (exact) mass is 223 g/mol. The van der Waals surface area contributed by atoms with Crippen LogP contribution in [0.3, 0.4) is 0 Å². The molecule has 0 heterocycles. The van der Waals surface area contributed by atoms with E-state index in [2.05, 4.69) is 0 Å². The molecule has 0 amide bonds. The Kier molecular flexibility index (Phi) is 3.88. The highest BCUT2D eigenvalue weighted by Crippen LogP contribution is 2.26. The van der Waals surface area contributed by atoms with Crippen LogP contribution in [0.15, 0.2) is 23.9 Å². The summed E-state index contributed by atoms with van der Waals surface area (Å²) in [5.41, 5.74) is 0.669. The molecule has 0 aliphatic heterocycles. The quantitative estimate of drug-likeness (QED) is 0.580. The molecule has 1 rings (SSSR count). The molecule has 0 saturated heterocycles. The van der Waals surface area contributed by atoms with Gasteiger partial charge in [0.1, 0.15) is 11.5 Å². The molecule has 16 heavy (non-hydrogen) atoms. The van der Waals surface area contributed by atoms with Gasteiger partial charge in [-0.15, -0.1) is 0 Å². The summed E-state index contributed by atoms with van der Waals surface area (Å²) >= 11 is 0. The third-order valence-electron chi connectivity index (χ3n) is 2.09. The molecule has 0 aliphatic carbocycles. The summed E-state index contributed by atoms with van der Waals surface area (Å²) in [7, 11) is 3.05. The first-order valence-corrected chi connectivity index (χ1v) is 4.63. The molecule has 0 aliphatic rings. The Bertz CT molecular complexity index is 426. The summed E-state index contributed by atoms with van der Waals surface area (Å²) in [4.78, 5) is 10.1. The smallest absolute Gasteiger partial charge is 0.243 e. The Hall–Kier alpha value is -2.04. The van der Waals surface area contributed by atoms with Crippen LogP contribution in [-0.4, -0.2) is 19.1 Å². The summed E-state index contributed by atoms with van der Waals surface area (Å²) in [6.45, 7) is 1.43. The second kappa shape index (κ2) is 5.16. The molecule has 0 radical (unpaired) electrons. The highest BCUT2D eigenvalue weighted by atomic mass is 16.6. The predicted octanol–water partition coefficient (Wildman–Crippen LogP) is 2.34. The Morgan fingerprint density at radius 1 is 1.38 bits per heavy atom. The minimum absolute atomic E-state index is 0.0477. The van der Waals surface area contributed by atoms with Gasteiger partial charge < -0.3 is 9.47 Å². The minimum atomic E-state index is -0.446.